The van der Waals surface area contributed by atoms with E-state index in [1.807, 2.05) is 0 Å². The van der Waals surface area contributed by atoms with E-state index >= 15 is 0 Å². The van der Waals surface area contributed by atoms with Crippen LogP contribution in [-0.2, 0) is 9.47 Å². The Morgan fingerprint density at radius 3 is 2.59 bits per heavy atom. The van der Waals surface area contributed by atoms with Gasteiger partial charge in [-0.05, 0) is 46.8 Å². The van der Waals surface area contributed by atoms with Crippen molar-refractivity contribution in [2.75, 3.05) is 13.2 Å². The molecule has 1 atom stereocenters. The van der Waals surface area contributed by atoms with Gasteiger partial charge < -0.3 is 19.4 Å². The first-order chi connectivity index (χ1) is 12.5. The summed E-state index contributed by atoms with van der Waals surface area (Å²) in [5, 5.41) is 3.10. The predicted octanol–water partition coefficient (Wildman–Crippen LogP) is 4.70. The zero-order valence-corrected chi connectivity index (χ0v) is 16.8. The smallest absolute Gasteiger partial charge is 0.407 e. The van der Waals surface area contributed by atoms with Crippen LogP contribution < -0.4 is 5.32 Å². The average molecular weight is 399 g/mol. The molecule has 0 aliphatic heterocycles. The first kappa shape index (κ1) is 21.0. The first-order valence-corrected chi connectivity index (χ1v) is 9.05. The highest BCUT2D eigenvalue weighted by atomic mass is 35.5. The Hall–Kier alpha value is -2.28. The molecule has 1 heterocycles. The summed E-state index contributed by atoms with van der Waals surface area (Å²) in [6, 6.07) is 4.16. The van der Waals surface area contributed by atoms with Gasteiger partial charge >= 0.3 is 12.1 Å². The fourth-order valence-electron chi connectivity index (χ4n) is 2.71. The molecule has 6 nitrogen and oxygen atoms in total. The number of fused-ring (bicyclic) bond motifs is 1. The molecule has 0 fully saturated rings. The Morgan fingerprint density at radius 2 is 2.00 bits per heavy atom. The molecule has 0 aliphatic carbocycles. The van der Waals surface area contributed by atoms with E-state index in [0.29, 0.717) is 5.39 Å². The third kappa shape index (κ3) is 4.91. The van der Waals surface area contributed by atoms with Gasteiger partial charge in [0.1, 0.15) is 11.3 Å². The highest BCUT2D eigenvalue weighted by molar-refractivity contribution is 6.31. The van der Waals surface area contributed by atoms with Crippen molar-refractivity contribution in [3.8, 4) is 0 Å². The summed E-state index contributed by atoms with van der Waals surface area (Å²) in [4.78, 5) is 24.3. The second kappa shape index (κ2) is 8.17. The lowest BCUT2D eigenvalue weighted by Crippen LogP contribution is -2.35. The van der Waals surface area contributed by atoms with Gasteiger partial charge in [0.15, 0.2) is 5.82 Å². The number of amides is 1. The number of esters is 1. The minimum atomic E-state index is -0.636. The summed E-state index contributed by atoms with van der Waals surface area (Å²) in [5.41, 5.74) is -0.265. The molecule has 0 spiro atoms. The first-order valence-electron chi connectivity index (χ1n) is 8.68. The molecule has 0 bridgehead atoms. The summed E-state index contributed by atoms with van der Waals surface area (Å²) in [6.07, 6.45) is -0.595. The minimum absolute atomic E-state index is 0.0513. The summed E-state index contributed by atoms with van der Waals surface area (Å²) in [6.45, 7) is 9.02. The van der Waals surface area contributed by atoms with Crippen molar-refractivity contribution in [1.29, 1.82) is 0 Å². The number of benzene rings is 1. The van der Waals surface area contributed by atoms with Crippen molar-refractivity contribution in [3.63, 3.8) is 0 Å². The Morgan fingerprint density at radius 1 is 1.33 bits per heavy atom. The number of nitrogens with zero attached hydrogens (tertiary/aromatic N) is 1. The lowest BCUT2D eigenvalue weighted by molar-refractivity contribution is 0.0512. The van der Waals surface area contributed by atoms with Crippen molar-refractivity contribution in [3.05, 3.63) is 34.7 Å². The summed E-state index contributed by atoms with van der Waals surface area (Å²) in [5.74, 6) is -1.21. The molecule has 1 amide bonds. The highest BCUT2D eigenvalue weighted by Crippen LogP contribution is 2.30. The normalized spacial score (nSPS) is 12.7. The third-order valence-corrected chi connectivity index (χ3v) is 4.05. The Labute approximate surface area is 162 Å². The van der Waals surface area contributed by atoms with Crippen molar-refractivity contribution in [2.24, 2.45) is 0 Å². The number of carbonyl (C=O) groups is 2. The van der Waals surface area contributed by atoms with Crippen LogP contribution in [-0.4, -0.2) is 35.4 Å². The van der Waals surface area contributed by atoms with Gasteiger partial charge in [-0.2, -0.15) is 0 Å². The molecular weight excluding hydrogens is 375 g/mol. The van der Waals surface area contributed by atoms with Crippen LogP contribution in [0.25, 0.3) is 10.9 Å². The Kier molecular flexibility index (Phi) is 6.36. The van der Waals surface area contributed by atoms with Crippen molar-refractivity contribution in [1.82, 2.24) is 9.88 Å². The zero-order valence-electron chi connectivity index (χ0n) is 16.1. The maximum absolute atomic E-state index is 14.7. The lowest BCUT2D eigenvalue weighted by Gasteiger charge is -2.22. The average Bonchev–Trinajstić information content (AvgIpc) is 2.95. The number of alkyl carbamates (subject to hydrolysis) is 1. The molecule has 8 heteroatoms. The molecule has 2 aromatic rings. The van der Waals surface area contributed by atoms with Gasteiger partial charge in [0, 0.05) is 18.0 Å². The molecular formula is C19H24ClFN2O4. The highest BCUT2D eigenvalue weighted by Gasteiger charge is 2.24. The standard InChI is InChI=1S/C19H24ClFN2O4/c1-6-26-17(24)14-9-12-7-8-13(20)15(21)16(12)23(14)11(2)10-22-18(25)27-19(3,4)5/h7-9,11H,6,10H2,1-5H3,(H,22,25)/t11-/m1/s1. The lowest BCUT2D eigenvalue weighted by atomic mass is 10.2. The minimum Gasteiger partial charge on any atom is -0.461 e. The monoisotopic (exact) mass is 398 g/mol. The molecule has 1 aromatic carbocycles. The quantitative estimate of drug-likeness (QED) is 0.741. The number of halogens is 2. The fraction of sp³-hybridized carbons (Fsp3) is 0.474. The maximum atomic E-state index is 14.7. The van der Waals surface area contributed by atoms with Gasteiger partial charge in [-0.1, -0.05) is 17.7 Å². The van der Waals surface area contributed by atoms with Crippen LogP contribution in [0.4, 0.5) is 9.18 Å². The van der Waals surface area contributed by atoms with Gasteiger partial charge in [0.05, 0.1) is 17.1 Å². The summed E-state index contributed by atoms with van der Waals surface area (Å²) >= 11 is 5.92. The van der Waals surface area contributed by atoms with E-state index in [-0.39, 0.29) is 29.4 Å². The number of ether oxygens (including phenoxy) is 2. The molecule has 0 aliphatic rings. The van der Waals surface area contributed by atoms with Gasteiger partial charge in [-0.25, -0.2) is 14.0 Å². The van der Waals surface area contributed by atoms with Crippen LogP contribution >= 0.6 is 11.6 Å². The molecule has 0 saturated carbocycles. The largest absolute Gasteiger partial charge is 0.461 e. The van der Waals surface area contributed by atoms with Crippen LogP contribution in [0.15, 0.2) is 18.2 Å². The van der Waals surface area contributed by atoms with E-state index in [1.165, 1.54) is 10.6 Å². The molecule has 0 radical (unpaired) electrons. The van der Waals surface area contributed by atoms with E-state index < -0.39 is 29.5 Å². The molecule has 2 rings (SSSR count). The fourth-order valence-corrected chi connectivity index (χ4v) is 2.86. The number of carbonyl (C=O) groups excluding carboxylic acids is 2. The molecule has 148 valence electrons. The number of hydrogen-bond acceptors (Lipinski definition) is 4. The van der Waals surface area contributed by atoms with Crippen molar-refractivity contribution >= 4 is 34.6 Å². The number of hydrogen-bond donors (Lipinski definition) is 1. The van der Waals surface area contributed by atoms with Crippen LogP contribution in [0.3, 0.4) is 0 Å². The van der Waals surface area contributed by atoms with Crippen LogP contribution in [0.1, 0.15) is 51.1 Å². The SMILES string of the molecule is CCOC(=O)c1cc2ccc(Cl)c(F)c2n1[C@H](C)CNC(=O)OC(C)(C)C. The Bertz CT molecular complexity index is 857. The Balaban J connectivity index is 2.39. The topological polar surface area (TPSA) is 69.6 Å². The molecule has 1 N–H and O–H groups in total. The second-order valence-corrected chi connectivity index (χ2v) is 7.56. The number of rotatable bonds is 5. The van der Waals surface area contributed by atoms with Crippen LogP contribution in [0.5, 0.6) is 0 Å². The van der Waals surface area contributed by atoms with E-state index in [1.54, 1.807) is 46.8 Å². The number of aromatic nitrogens is 1. The van der Waals surface area contributed by atoms with Crippen molar-refractivity contribution in [2.45, 2.75) is 46.3 Å². The van der Waals surface area contributed by atoms with Gasteiger partial charge in [0.2, 0.25) is 0 Å². The third-order valence-electron chi connectivity index (χ3n) is 3.76. The van der Waals surface area contributed by atoms with E-state index in [2.05, 4.69) is 5.32 Å². The maximum Gasteiger partial charge on any atom is 0.407 e. The zero-order chi connectivity index (χ0) is 20.4. The predicted molar refractivity (Wildman–Crippen MR) is 102 cm³/mol. The van der Waals surface area contributed by atoms with Crippen LogP contribution in [0, 0.1) is 5.82 Å². The van der Waals surface area contributed by atoms with Gasteiger partial charge in [-0.15, -0.1) is 0 Å². The summed E-state index contributed by atoms with van der Waals surface area (Å²) in [7, 11) is 0. The summed E-state index contributed by atoms with van der Waals surface area (Å²) < 4.78 is 26.5. The molecule has 0 unspecified atom stereocenters. The van der Waals surface area contributed by atoms with Gasteiger partial charge in [-0.3, -0.25) is 0 Å². The second-order valence-electron chi connectivity index (χ2n) is 7.15. The molecule has 27 heavy (non-hydrogen) atoms. The van der Waals surface area contributed by atoms with E-state index in [9.17, 15) is 14.0 Å². The van der Waals surface area contributed by atoms with Gasteiger partial charge in [0.25, 0.3) is 0 Å². The molecule has 1 aromatic heterocycles. The van der Waals surface area contributed by atoms with Crippen LogP contribution in [0.2, 0.25) is 5.02 Å². The van der Waals surface area contributed by atoms with E-state index in [4.69, 9.17) is 21.1 Å². The van der Waals surface area contributed by atoms with E-state index in [0.717, 1.165) is 0 Å². The van der Waals surface area contributed by atoms with Crippen molar-refractivity contribution < 1.29 is 23.5 Å². The number of nitrogens with one attached hydrogen (secondary N) is 1. The molecule has 0 saturated heterocycles.